The van der Waals surface area contributed by atoms with Crippen LogP contribution in [-0.2, 0) is 19.1 Å². The first kappa shape index (κ1) is 16.8. The number of nitrogens with one attached hydrogen (secondary N) is 1. The Morgan fingerprint density at radius 2 is 2.00 bits per heavy atom. The SMILES string of the molecule is COc1cc(C2CC(=O)OC2=O)ccc1NC(=O)OC(C)(C)C. The van der Waals surface area contributed by atoms with Gasteiger partial charge in [-0.2, -0.15) is 0 Å². The van der Waals surface area contributed by atoms with Crippen LogP contribution in [0.3, 0.4) is 0 Å². The van der Waals surface area contributed by atoms with Crippen LogP contribution in [0.1, 0.15) is 38.7 Å². The maximum absolute atomic E-state index is 11.8. The molecule has 1 unspecified atom stereocenters. The zero-order valence-corrected chi connectivity index (χ0v) is 13.5. The number of rotatable bonds is 3. The highest BCUT2D eigenvalue weighted by Gasteiger charge is 2.35. The maximum Gasteiger partial charge on any atom is 0.412 e. The Hall–Kier alpha value is -2.57. The van der Waals surface area contributed by atoms with Crippen molar-refractivity contribution in [1.29, 1.82) is 0 Å². The zero-order valence-electron chi connectivity index (χ0n) is 13.5. The molecule has 1 N–H and O–H groups in total. The molecule has 2 rings (SSSR count). The molecule has 1 heterocycles. The topological polar surface area (TPSA) is 90.9 Å². The van der Waals surface area contributed by atoms with Gasteiger partial charge in [-0.25, -0.2) is 4.79 Å². The molecule has 1 aliphatic rings. The summed E-state index contributed by atoms with van der Waals surface area (Å²) in [5, 5.41) is 2.59. The van der Waals surface area contributed by atoms with Gasteiger partial charge < -0.3 is 14.2 Å². The second-order valence-corrected chi connectivity index (χ2v) is 6.14. The van der Waals surface area contributed by atoms with Gasteiger partial charge in [-0.3, -0.25) is 14.9 Å². The van der Waals surface area contributed by atoms with Gasteiger partial charge in [0.2, 0.25) is 0 Å². The van der Waals surface area contributed by atoms with Crippen LogP contribution in [0.2, 0.25) is 0 Å². The summed E-state index contributed by atoms with van der Waals surface area (Å²) >= 11 is 0. The second kappa shape index (κ2) is 6.28. The Balaban J connectivity index is 2.18. The number of hydrogen-bond acceptors (Lipinski definition) is 6. The summed E-state index contributed by atoms with van der Waals surface area (Å²) in [6, 6.07) is 4.82. The highest BCUT2D eigenvalue weighted by Crippen LogP contribution is 2.33. The maximum atomic E-state index is 11.8. The Kier molecular flexibility index (Phi) is 4.58. The monoisotopic (exact) mass is 321 g/mol. The number of ether oxygens (including phenoxy) is 3. The minimum Gasteiger partial charge on any atom is -0.495 e. The highest BCUT2D eigenvalue weighted by atomic mass is 16.6. The molecule has 23 heavy (non-hydrogen) atoms. The number of methoxy groups -OCH3 is 1. The molecule has 1 aromatic rings. The van der Waals surface area contributed by atoms with E-state index in [1.165, 1.54) is 7.11 Å². The molecule has 1 aliphatic heterocycles. The molecule has 0 saturated carbocycles. The standard InChI is InChI=1S/C16H19NO6/c1-16(2,3)23-15(20)17-11-6-5-9(7-12(11)21-4)10-8-13(18)22-14(10)19/h5-7,10H,8H2,1-4H3,(H,17,20). The number of anilines is 1. The van der Waals surface area contributed by atoms with E-state index in [1.54, 1.807) is 39.0 Å². The van der Waals surface area contributed by atoms with Crippen molar-refractivity contribution in [3.8, 4) is 5.75 Å². The van der Waals surface area contributed by atoms with Gasteiger partial charge in [0.15, 0.2) is 0 Å². The molecule has 0 radical (unpaired) electrons. The molecule has 1 aromatic carbocycles. The second-order valence-electron chi connectivity index (χ2n) is 6.14. The van der Waals surface area contributed by atoms with Gasteiger partial charge in [0.25, 0.3) is 0 Å². The van der Waals surface area contributed by atoms with Crippen molar-refractivity contribution in [2.75, 3.05) is 12.4 Å². The summed E-state index contributed by atoms with van der Waals surface area (Å²) in [5.41, 5.74) is 0.376. The minimum atomic E-state index is -0.646. The van der Waals surface area contributed by atoms with Crippen LogP contribution >= 0.6 is 0 Å². The van der Waals surface area contributed by atoms with Crippen molar-refractivity contribution < 1.29 is 28.6 Å². The average molecular weight is 321 g/mol. The Morgan fingerprint density at radius 1 is 1.30 bits per heavy atom. The fourth-order valence-corrected chi connectivity index (χ4v) is 2.17. The third-order valence-corrected chi connectivity index (χ3v) is 3.13. The van der Waals surface area contributed by atoms with Gasteiger partial charge in [0, 0.05) is 0 Å². The van der Waals surface area contributed by atoms with Crippen LogP contribution in [0.25, 0.3) is 0 Å². The smallest absolute Gasteiger partial charge is 0.412 e. The predicted octanol–water partition coefficient (Wildman–Crippen LogP) is 2.60. The van der Waals surface area contributed by atoms with E-state index in [9.17, 15) is 14.4 Å². The lowest BCUT2D eigenvalue weighted by Gasteiger charge is -2.20. The van der Waals surface area contributed by atoms with Gasteiger partial charge in [0.1, 0.15) is 11.4 Å². The van der Waals surface area contributed by atoms with Crippen LogP contribution in [0.15, 0.2) is 18.2 Å². The van der Waals surface area contributed by atoms with Crippen molar-refractivity contribution in [2.45, 2.75) is 38.7 Å². The van der Waals surface area contributed by atoms with Crippen LogP contribution in [-0.4, -0.2) is 30.7 Å². The van der Waals surface area contributed by atoms with E-state index in [1.807, 2.05) is 0 Å². The van der Waals surface area contributed by atoms with Gasteiger partial charge in [0.05, 0.1) is 25.1 Å². The number of carbonyl (C=O) groups is 3. The highest BCUT2D eigenvalue weighted by molar-refractivity contribution is 5.98. The third kappa shape index (κ3) is 4.21. The van der Waals surface area contributed by atoms with Crippen molar-refractivity contribution in [3.05, 3.63) is 23.8 Å². The summed E-state index contributed by atoms with van der Waals surface area (Å²) in [6.07, 6.45) is -0.611. The van der Waals surface area contributed by atoms with Crippen molar-refractivity contribution in [2.24, 2.45) is 0 Å². The zero-order chi connectivity index (χ0) is 17.2. The Bertz CT molecular complexity index is 646. The number of benzene rings is 1. The molecular formula is C16H19NO6. The van der Waals surface area contributed by atoms with Crippen molar-refractivity contribution in [1.82, 2.24) is 0 Å². The first-order valence-electron chi connectivity index (χ1n) is 7.12. The number of cyclic esters (lactones) is 2. The van der Waals surface area contributed by atoms with Crippen LogP contribution < -0.4 is 10.1 Å². The van der Waals surface area contributed by atoms with Gasteiger partial charge in [-0.15, -0.1) is 0 Å². The molecule has 0 aromatic heterocycles. The lowest BCUT2D eigenvalue weighted by molar-refractivity contribution is -0.152. The summed E-state index contributed by atoms with van der Waals surface area (Å²) in [4.78, 5) is 34.6. The first-order valence-corrected chi connectivity index (χ1v) is 7.12. The van der Waals surface area contributed by atoms with Crippen molar-refractivity contribution >= 4 is 23.7 Å². The number of hydrogen-bond donors (Lipinski definition) is 1. The number of esters is 2. The Labute approximate surface area is 133 Å². The van der Waals surface area contributed by atoms with E-state index in [-0.39, 0.29) is 6.42 Å². The normalized spacial score (nSPS) is 17.7. The van der Waals surface area contributed by atoms with E-state index in [0.717, 1.165) is 0 Å². The quantitative estimate of drug-likeness (QED) is 0.679. The van der Waals surface area contributed by atoms with Crippen LogP contribution in [0, 0.1) is 0 Å². The molecular weight excluding hydrogens is 302 g/mol. The lowest BCUT2D eigenvalue weighted by atomic mass is 9.97. The summed E-state index contributed by atoms with van der Waals surface area (Å²) < 4.78 is 15.0. The average Bonchev–Trinajstić information content (AvgIpc) is 2.76. The third-order valence-electron chi connectivity index (χ3n) is 3.13. The molecule has 0 spiro atoms. The molecule has 7 heteroatoms. The Morgan fingerprint density at radius 3 is 2.52 bits per heavy atom. The molecule has 0 aliphatic carbocycles. The van der Waals surface area contributed by atoms with E-state index in [0.29, 0.717) is 17.0 Å². The molecule has 124 valence electrons. The van der Waals surface area contributed by atoms with E-state index in [4.69, 9.17) is 9.47 Å². The largest absolute Gasteiger partial charge is 0.495 e. The fourth-order valence-electron chi connectivity index (χ4n) is 2.17. The van der Waals surface area contributed by atoms with E-state index >= 15 is 0 Å². The molecule has 1 fully saturated rings. The lowest BCUT2D eigenvalue weighted by Crippen LogP contribution is -2.27. The van der Waals surface area contributed by atoms with Gasteiger partial charge in [-0.1, -0.05) is 6.07 Å². The molecule has 1 amide bonds. The summed E-state index contributed by atoms with van der Waals surface area (Å²) in [6.45, 7) is 5.28. The van der Waals surface area contributed by atoms with Crippen LogP contribution in [0.4, 0.5) is 10.5 Å². The number of carbonyl (C=O) groups excluding carboxylic acids is 3. The van der Waals surface area contributed by atoms with Crippen molar-refractivity contribution in [3.63, 3.8) is 0 Å². The molecule has 0 bridgehead atoms. The fraction of sp³-hybridized carbons (Fsp3) is 0.438. The van der Waals surface area contributed by atoms with E-state index < -0.39 is 29.6 Å². The predicted molar refractivity (Wildman–Crippen MR) is 81.3 cm³/mol. The number of amides is 1. The van der Waals surface area contributed by atoms with Crippen LogP contribution in [0.5, 0.6) is 5.75 Å². The molecule has 1 saturated heterocycles. The summed E-state index contributed by atoms with van der Waals surface area (Å²) in [5.74, 6) is -1.41. The van der Waals surface area contributed by atoms with E-state index in [2.05, 4.69) is 10.1 Å². The summed E-state index contributed by atoms with van der Waals surface area (Å²) in [7, 11) is 1.44. The molecule has 7 nitrogen and oxygen atoms in total. The molecule has 1 atom stereocenters. The van der Waals surface area contributed by atoms with Gasteiger partial charge in [-0.05, 0) is 38.5 Å². The minimum absolute atomic E-state index is 0.000822. The first-order chi connectivity index (χ1) is 10.7. The van der Waals surface area contributed by atoms with Gasteiger partial charge >= 0.3 is 18.0 Å².